The van der Waals surface area contributed by atoms with Crippen LogP contribution in [0, 0.1) is 16.7 Å². The van der Waals surface area contributed by atoms with Crippen molar-refractivity contribution in [1.29, 1.82) is 5.26 Å². The van der Waals surface area contributed by atoms with Gasteiger partial charge < -0.3 is 9.80 Å². The molecule has 0 aromatic carbocycles. The molecule has 8 nitrogen and oxygen atoms in total. The second-order valence-corrected chi connectivity index (χ2v) is 7.90. The molecule has 2 amide bonds. The Morgan fingerprint density at radius 2 is 1.96 bits per heavy atom. The van der Waals surface area contributed by atoms with Crippen molar-refractivity contribution in [2.75, 3.05) is 37.6 Å². The van der Waals surface area contributed by atoms with Gasteiger partial charge in [-0.05, 0) is 32.1 Å². The summed E-state index contributed by atoms with van der Waals surface area (Å²) in [5.74, 6) is 0.115. The van der Waals surface area contributed by atoms with E-state index in [4.69, 9.17) is 0 Å². The number of piperazine rings is 1. The molecule has 1 atom stereocenters. The normalized spacial score (nSPS) is 25.8. The summed E-state index contributed by atoms with van der Waals surface area (Å²) in [4.78, 5) is 31.6. The van der Waals surface area contributed by atoms with Crippen molar-refractivity contribution in [3.8, 4) is 6.07 Å². The molecule has 2 saturated heterocycles. The number of aryl methyl sites for hydroxylation is 1. The van der Waals surface area contributed by atoms with Gasteiger partial charge in [-0.1, -0.05) is 0 Å². The fourth-order valence-electron chi connectivity index (χ4n) is 4.44. The molecule has 27 heavy (non-hydrogen) atoms. The minimum atomic E-state index is -0.778. The molecule has 3 fully saturated rings. The van der Waals surface area contributed by atoms with Gasteiger partial charge in [-0.25, -0.2) is 0 Å². The van der Waals surface area contributed by atoms with Gasteiger partial charge >= 0.3 is 0 Å². The summed E-state index contributed by atoms with van der Waals surface area (Å²) in [6.45, 7) is 3.29. The van der Waals surface area contributed by atoms with Crippen LogP contribution in [0.2, 0.25) is 0 Å². The SMILES string of the molecule is Cn1cc(N2CCCC(N3CCN(C(=O)C4(C#N)CCC4)CC3)C2=O)cn1. The molecule has 4 rings (SSSR count). The second kappa shape index (κ2) is 6.97. The Bertz CT molecular complexity index is 769. The topological polar surface area (TPSA) is 85.5 Å². The first-order valence-electron chi connectivity index (χ1n) is 9.79. The fraction of sp³-hybridized carbons (Fsp3) is 0.684. The van der Waals surface area contributed by atoms with Crippen LogP contribution in [-0.2, 0) is 16.6 Å². The smallest absolute Gasteiger partial charge is 0.244 e. The molecule has 8 heteroatoms. The zero-order valence-electron chi connectivity index (χ0n) is 15.8. The number of nitrogens with zero attached hydrogens (tertiary/aromatic N) is 6. The third kappa shape index (κ3) is 3.10. The Hall–Kier alpha value is -2.40. The Kier molecular flexibility index (Phi) is 4.64. The van der Waals surface area contributed by atoms with E-state index in [-0.39, 0.29) is 17.9 Å². The zero-order valence-corrected chi connectivity index (χ0v) is 15.8. The molecule has 3 heterocycles. The van der Waals surface area contributed by atoms with Crippen molar-refractivity contribution < 1.29 is 9.59 Å². The number of amides is 2. The summed E-state index contributed by atoms with van der Waals surface area (Å²) in [6.07, 6.45) is 7.74. The second-order valence-electron chi connectivity index (χ2n) is 7.90. The number of hydrogen-bond donors (Lipinski definition) is 0. The van der Waals surface area contributed by atoms with E-state index < -0.39 is 5.41 Å². The van der Waals surface area contributed by atoms with Crippen molar-refractivity contribution in [2.24, 2.45) is 12.5 Å². The average Bonchev–Trinajstić information content (AvgIpc) is 3.08. The van der Waals surface area contributed by atoms with Gasteiger partial charge in [-0.15, -0.1) is 0 Å². The molecule has 0 radical (unpaired) electrons. The summed E-state index contributed by atoms with van der Waals surface area (Å²) in [5.41, 5.74) is 0.0712. The highest BCUT2D eigenvalue weighted by Crippen LogP contribution is 2.42. The largest absolute Gasteiger partial charge is 0.339 e. The lowest BCUT2D eigenvalue weighted by atomic mass is 9.69. The highest BCUT2D eigenvalue weighted by molar-refractivity contribution is 5.97. The molecule has 1 unspecified atom stereocenters. The Balaban J connectivity index is 1.38. The first kappa shape index (κ1) is 18.0. The Morgan fingerprint density at radius 1 is 1.22 bits per heavy atom. The van der Waals surface area contributed by atoms with Crippen molar-refractivity contribution in [2.45, 2.75) is 38.1 Å². The van der Waals surface area contributed by atoms with E-state index >= 15 is 0 Å². The van der Waals surface area contributed by atoms with E-state index in [0.29, 0.717) is 39.0 Å². The van der Waals surface area contributed by atoms with Crippen LogP contribution in [0.3, 0.4) is 0 Å². The molecule has 144 valence electrons. The number of hydrogen-bond acceptors (Lipinski definition) is 5. The number of aromatic nitrogens is 2. The van der Waals surface area contributed by atoms with E-state index in [2.05, 4.69) is 16.1 Å². The molecule has 0 spiro atoms. The Morgan fingerprint density at radius 3 is 2.52 bits per heavy atom. The summed E-state index contributed by atoms with van der Waals surface area (Å²) in [6, 6.07) is 2.11. The minimum absolute atomic E-state index is 0.0112. The molecule has 1 saturated carbocycles. The summed E-state index contributed by atoms with van der Waals surface area (Å²) in [5, 5.41) is 13.6. The third-order valence-corrected chi connectivity index (χ3v) is 6.29. The predicted molar refractivity (Wildman–Crippen MR) is 98.6 cm³/mol. The summed E-state index contributed by atoms with van der Waals surface area (Å²) in [7, 11) is 1.85. The number of carbonyl (C=O) groups excluding carboxylic acids is 2. The first-order valence-corrected chi connectivity index (χ1v) is 9.79. The van der Waals surface area contributed by atoms with E-state index in [1.54, 1.807) is 10.9 Å². The van der Waals surface area contributed by atoms with Crippen LogP contribution < -0.4 is 4.90 Å². The van der Waals surface area contributed by atoms with Crippen molar-refractivity contribution >= 4 is 17.5 Å². The maximum atomic E-state index is 13.0. The molecule has 3 aliphatic rings. The highest BCUT2D eigenvalue weighted by atomic mass is 16.2. The number of rotatable bonds is 3. The highest BCUT2D eigenvalue weighted by Gasteiger charge is 2.47. The average molecular weight is 370 g/mol. The van der Waals surface area contributed by atoms with Crippen LogP contribution >= 0.6 is 0 Å². The lowest BCUT2D eigenvalue weighted by molar-refractivity contribution is -0.145. The molecule has 0 N–H and O–H groups in total. The fourth-order valence-corrected chi connectivity index (χ4v) is 4.44. The van der Waals surface area contributed by atoms with Gasteiger partial charge in [0.05, 0.1) is 24.0 Å². The van der Waals surface area contributed by atoms with E-state index in [0.717, 1.165) is 31.5 Å². The quantitative estimate of drug-likeness (QED) is 0.784. The van der Waals surface area contributed by atoms with Crippen molar-refractivity contribution in [3.63, 3.8) is 0 Å². The lowest BCUT2D eigenvalue weighted by Gasteiger charge is -2.44. The van der Waals surface area contributed by atoms with E-state index in [1.807, 2.05) is 23.0 Å². The molecule has 2 aliphatic heterocycles. The van der Waals surface area contributed by atoms with Crippen LogP contribution in [0.25, 0.3) is 0 Å². The first-order chi connectivity index (χ1) is 13.0. The standard InChI is InChI=1S/C19H26N6O2/c1-22-13-15(12-21-22)25-7-2-4-16(17(25)26)23-8-10-24(11-9-23)18(27)19(14-20)5-3-6-19/h12-13,16H,2-11H2,1H3. The van der Waals surface area contributed by atoms with Gasteiger partial charge in [0, 0.05) is 46.0 Å². The van der Waals surface area contributed by atoms with Gasteiger partial charge in [0.1, 0.15) is 5.41 Å². The van der Waals surface area contributed by atoms with Gasteiger partial charge in [0.15, 0.2) is 0 Å². The van der Waals surface area contributed by atoms with Crippen LogP contribution in [0.5, 0.6) is 0 Å². The van der Waals surface area contributed by atoms with Crippen molar-refractivity contribution in [1.82, 2.24) is 19.6 Å². The van der Waals surface area contributed by atoms with Crippen molar-refractivity contribution in [3.05, 3.63) is 12.4 Å². The van der Waals surface area contributed by atoms with Gasteiger partial charge in [0.2, 0.25) is 11.8 Å². The molecule has 1 aliphatic carbocycles. The van der Waals surface area contributed by atoms with Gasteiger partial charge in [0.25, 0.3) is 0 Å². The lowest BCUT2D eigenvalue weighted by Crippen LogP contribution is -2.60. The van der Waals surface area contributed by atoms with Crippen LogP contribution in [0.15, 0.2) is 12.4 Å². The molecule has 1 aromatic heterocycles. The monoisotopic (exact) mass is 370 g/mol. The molecular weight excluding hydrogens is 344 g/mol. The van der Waals surface area contributed by atoms with Gasteiger partial charge in [-0.2, -0.15) is 10.4 Å². The number of piperidine rings is 1. The van der Waals surface area contributed by atoms with E-state index in [1.165, 1.54) is 0 Å². The number of anilines is 1. The maximum Gasteiger partial charge on any atom is 0.244 e. The Labute approximate surface area is 159 Å². The number of carbonyl (C=O) groups is 2. The maximum absolute atomic E-state index is 13.0. The number of nitriles is 1. The molecule has 1 aromatic rings. The summed E-state index contributed by atoms with van der Waals surface area (Å²) >= 11 is 0. The van der Waals surface area contributed by atoms with Crippen LogP contribution in [0.1, 0.15) is 32.1 Å². The minimum Gasteiger partial charge on any atom is -0.339 e. The van der Waals surface area contributed by atoms with Crippen LogP contribution in [-0.4, -0.2) is 70.2 Å². The van der Waals surface area contributed by atoms with Gasteiger partial charge in [-0.3, -0.25) is 19.2 Å². The van der Waals surface area contributed by atoms with E-state index in [9.17, 15) is 14.9 Å². The van der Waals surface area contributed by atoms with Crippen LogP contribution in [0.4, 0.5) is 5.69 Å². The predicted octanol–water partition coefficient (Wildman–Crippen LogP) is 0.754. The summed E-state index contributed by atoms with van der Waals surface area (Å²) < 4.78 is 1.71. The third-order valence-electron chi connectivity index (χ3n) is 6.29. The molecule has 0 bridgehead atoms. The zero-order chi connectivity index (χ0) is 19.0. The molecular formula is C19H26N6O2.